The van der Waals surface area contributed by atoms with Crippen LogP contribution in [0.3, 0.4) is 0 Å². The van der Waals surface area contributed by atoms with Gasteiger partial charge < -0.3 is 10.6 Å². The summed E-state index contributed by atoms with van der Waals surface area (Å²) in [5.74, 6) is 0.782. The molecule has 3 nitrogen and oxygen atoms in total. The number of hydrogen-bond acceptors (Lipinski definition) is 2. The highest BCUT2D eigenvalue weighted by Gasteiger charge is 2.21. The smallest absolute Gasteiger partial charge is 0.216 e. The molecule has 0 unspecified atom stereocenters. The summed E-state index contributed by atoms with van der Waals surface area (Å²) in [6, 6.07) is 11.5. The van der Waals surface area contributed by atoms with E-state index in [2.05, 4.69) is 41.0 Å². The van der Waals surface area contributed by atoms with Gasteiger partial charge in [0, 0.05) is 26.1 Å². The van der Waals surface area contributed by atoms with E-state index in [0.717, 1.165) is 19.0 Å². The van der Waals surface area contributed by atoms with Gasteiger partial charge in [0.1, 0.15) is 0 Å². The topological polar surface area (TPSA) is 41.1 Å². The van der Waals surface area contributed by atoms with Crippen LogP contribution in [0.15, 0.2) is 30.3 Å². The monoisotopic (exact) mass is 260 g/mol. The molecule has 0 radical (unpaired) electrons. The Morgan fingerprint density at radius 3 is 2.42 bits per heavy atom. The SMILES string of the molecule is CC(=O)NCCNC1CCC(c2ccccc2)CC1. The first kappa shape index (κ1) is 14.1. The van der Waals surface area contributed by atoms with Gasteiger partial charge in [-0.2, -0.15) is 0 Å². The molecule has 3 heteroatoms. The zero-order valence-corrected chi connectivity index (χ0v) is 11.7. The molecular weight excluding hydrogens is 236 g/mol. The van der Waals surface area contributed by atoms with Crippen LogP contribution in [-0.2, 0) is 4.79 Å². The van der Waals surface area contributed by atoms with E-state index in [9.17, 15) is 4.79 Å². The van der Waals surface area contributed by atoms with Crippen molar-refractivity contribution in [1.29, 1.82) is 0 Å². The van der Waals surface area contributed by atoms with Crippen molar-refractivity contribution in [2.24, 2.45) is 0 Å². The summed E-state index contributed by atoms with van der Waals surface area (Å²) in [7, 11) is 0. The standard InChI is InChI=1S/C16H24N2O/c1-13(19)17-11-12-18-16-9-7-15(8-10-16)14-5-3-2-4-6-14/h2-6,15-16,18H,7-12H2,1H3,(H,17,19). The molecular formula is C16H24N2O. The number of carbonyl (C=O) groups excluding carboxylic acids is 1. The first-order chi connectivity index (χ1) is 9.25. The zero-order valence-electron chi connectivity index (χ0n) is 11.7. The molecule has 0 aromatic heterocycles. The minimum Gasteiger partial charge on any atom is -0.355 e. The third-order valence-corrected chi connectivity index (χ3v) is 3.93. The molecule has 0 aliphatic heterocycles. The molecule has 2 N–H and O–H groups in total. The van der Waals surface area contributed by atoms with Crippen LogP contribution < -0.4 is 10.6 Å². The van der Waals surface area contributed by atoms with Crippen molar-refractivity contribution in [1.82, 2.24) is 10.6 Å². The normalized spacial score (nSPS) is 23.0. The van der Waals surface area contributed by atoms with Crippen LogP contribution in [0, 0.1) is 0 Å². The Kier molecular flexibility index (Phi) is 5.40. The highest BCUT2D eigenvalue weighted by atomic mass is 16.1. The highest BCUT2D eigenvalue weighted by molar-refractivity contribution is 5.72. The molecule has 0 saturated heterocycles. The number of rotatable bonds is 5. The molecule has 0 atom stereocenters. The quantitative estimate of drug-likeness (QED) is 0.798. The molecule has 2 rings (SSSR count). The molecule has 1 fully saturated rings. The van der Waals surface area contributed by atoms with E-state index in [1.165, 1.54) is 31.2 Å². The molecule has 1 saturated carbocycles. The van der Waals surface area contributed by atoms with Crippen LogP contribution in [0.4, 0.5) is 0 Å². The average molecular weight is 260 g/mol. The molecule has 19 heavy (non-hydrogen) atoms. The zero-order chi connectivity index (χ0) is 13.5. The second-order valence-electron chi connectivity index (χ2n) is 5.40. The molecule has 1 aromatic rings. The van der Waals surface area contributed by atoms with E-state index in [1.54, 1.807) is 6.92 Å². The Balaban J connectivity index is 1.67. The molecule has 1 aliphatic carbocycles. The number of hydrogen-bond donors (Lipinski definition) is 2. The fourth-order valence-corrected chi connectivity index (χ4v) is 2.87. The van der Waals surface area contributed by atoms with Gasteiger partial charge in [-0.1, -0.05) is 30.3 Å². The van der Waals surface area contributed by atoms with Crippen molar-refractivity contribution >= 4 is 5.91 Å². The maximum atomic E-state index is 10.8. The first-order valence-corrected chi connectivity index (χ1v) is 7.28. The molecule has 0 spiro atoms. The molecule has 0 bridgehead atoms. The molecule has 1 aromatic carbocycles. The van der Waals surface area contributed by atoms with E-state index >= 15 is 0 Å². The minimum atomic E-state index is 0.0505. The molecule has 0 heterocycles. The van der Waals surface area contributed by atoms with Crippen LogP contribution in [-0.4, -0.2) is 25.0 Å². The van der Waals surface area contributed by atoms with Crippen molar-refractivity contribution < 1.29 is 4.79 Å². The van der Waals surface area contributed by atoms with Gasteiger partial charge >= 0.3 is 0 Å². The van der Waals surface area contributed by atoms with Crippen LogP contribution in [0.25, 0.3) is 0 Å². The van der Waals surface area contributed by atoms with Gasteiger partial charge in [-0.25, -0.2) is 0 Å². The summed E-state index contributed by atoms with van der Waals surface area (Å²) in [4.78, 5) is 10.8. The molecule has 104 valence electrons. The van der Waals surface area contributed by atoms with Crippen LogP contribution in [0.1, 0.15) is 44.1 Å². The van der Waals surface area contributed by atoms with Gasteiger partial charge in [0.15, 0.2) is 0 Å². The second-order valence-corrected chi connectivity index (χ2v) is 5.40. The number of nitrogens with one attached hydrogen (secondary N) is 2. The third-order valence-electron chi connectivity index (χ3n) is 3.93. The van der Waals surface area contributed by atoms with Crippen molar-refractivity contribution in [3.63, 3.8) is 0 Å². The predicted octanol–water partition coefficient (Wildman–Crippen LogP) is 2.44. The van der Waals surface area contributed by atoms with Crippen LogP contribution in [0.5, 0.6) is 0 Å². The maximum Gasteiger partial charge on any atom is 0.216 e. The summed E-state index contributed by atoms with van der Waals surface area (Å²) < 4.78 is 0. The van der Waals surface area contributed by atoms with Crippen molar-refractivity contribution in [2.45, 2.75) is 44.6 Å². The third kappa shape index (κ3) is 4.67. The summed E-state index contributed by atoms with van der Waals surface area (Å²) in [5.41, 5.74) is 1.49. The summed E-state index contributed by atoms with van der Waals surface area (Å²) in [5, 5.41) is 6.35. The van der Waals surface area contributed by atoms with Gasteiger partial charge in [-0.3, -0.25) is 4.79 Å². The summed E-state index contributed by atoms with van der Waals surface area (Å²) >= 11 is 0. The fraction of sp³-hybridized carbons (Fsp3) is 0.562. The van der Waals surface area contributed by atoms with E-state index in [-0.39, 0.29) is 5.91 Å². The Morgan fingerprint density at radius 1 is 1.11 bits per heavy atom. The predicted molar refractivity (Wildman–Crippen MR) is 78.1 cm³/mol. The lowest BCUT2D eigenvalue weighted by Crippen LogP contribution is -2.38. The second kappa shape index (κ2) is 7.29. The lowest BCUT2D eigenvalue weighted by Gasteiger charge is -2.29. The maximum absolute atomic E-state index is 10.8. The van der Waals surface area contributed by atoms with Gasteiger partial charge in [-0.05, 0) is 37.2 Å². The number of amides is 1. The van der Waals surface area contributed by atoms with E-state index in [1.807, 2.05) is 0 Å². The van der Waals surface area contributed by atoms with E-state index in [4.69, 9.17) is 0 Å². The van der Waals surface area contributed by atoms with Crippen molar-refractivity contribution in [2.75, 3.05) is 13.1 Å². The van der Waals surface area contributed by atoms with Crippen LogP contribution >= 0.6 is 0 Å². The van der Waals surface area contributed by atoms with Crippen LogP contribution in [0.2, 0.25) is 0 Å². The number of carbonyl (C=O) groups is 1. The van der Waals surface area contributed by atoms with Crippen molar-refractivity contribution in [3.8, 4) is 0 Å². The Morgan fingerprint density at radius 2 is 1.79 bits per heavy atom. The van der Waals surface area contributed by atoms with Gasteiger partial charge in [-0.15, -0.1) is 0 Å². The Hall–Kier alpha value is -1.35. The highest BCUT2D eigenvalue weighted by Crippen LogP contribution is 2.32. The minimum absolute atomic E-state index is 0.0505. The van der Waals surface area contributed by atoms with E-state index < -0.39 is 0 Å². The van der Waals surface area contributed by atoms with E-state index in [0.29, 0.717) is 6.04 Å². The summed E-state index contributed by atoms with van der Waals surface area (Å²) in [6.07, 6.45) is 5.00. The lowest BCUT2D eigenvalue weighted by molar-refractivity contribution is -0.118. The van der Waals surface area contributed by atoms with Gasteiger partial charge in [0.2, 0.25) is 5.91 Å². The van der Waals surface area contributed by atoms with Gasteiger partial charge in [0.05, 0.1) is 0 Å². The Labute approximate surface area is 115 Å². The summed E-state index contributed by atoms with van der Waals surface area (Å²) in [6.45, 7) is 3.17. The van der Waals surface area contributed by atoms with Gasteiger partial charge in [0.25, 0.3) is 0 Å². The van der Waals surface area contributed by atoms with Crippen molar-refractivity contribution in [3.05, 3.63) is 35.9 Å². The largest absolute Gasteiger partial charge is 0.355 e. The molecule has 1 amide bonds. The molecule has 1 aliphatic rings. The first-order valence-electron chi connectivity index (χ1n) is 7.28. The fourth-order valence-electron chi connectivity index (χ4n) is 2.87. The average Bonchev–Trinajstić information content (AvgIpc) is 2.45. The lowest BCUT2D eigenvalue weighted by atomic mass is 9.82. The Bertz CT molecular complexity index is 383. The number of benzene rings is 1.